The second kappa shape index (κ2) is 8.56. The highest BCUT2D eigenvalue weighted by Gasteiger charge is 2.39. The van der Waals surface area contributed by atoms with Gasteiger partial charge in [0.15, 0.2) is 0 Å². The van der Waals surface area contributed by atoms with Gasteiger partial charge in [-0.1, -0.05) is 31.1 Å². The quantitative estimate of drug-likeness (QED) is 0.621. The van der Waals surface area contributed by atoms with E-state index in [9.17, 15) is 13.2 Å². The summed E-state index contributed by atoms with van der Waals surface area (Å²) in [5.74, 6) is 0.436. The SMILES string of the molecule is CC(C)c1ccc(S(=O)(=O)N2CCNC(=O)C2Cc2nc(-c3ccncc3)no2)cc1. The number of pyridine rings is 1. The highest BCUT2D eigenvalue weighted by molar-refractivity contribution is 7.89. The Kier molecular flexibility index (Phi) is 5.84. The summed E-state index contributed by atoms with van der Waals surface area (Å²) in [5, 5.41) is 6.66. The van der Waals surface area contributed by atoms with Gasteiger partial charge in [-0.05, 0) is 35.7 Å². The van der Waals surface area contributed by atoms with Gasteiger partial charge < -0.3 is 9.84 Å². The average Bonchev–Trinajstić information content (AvgIpc) is 3.24. The van der Waals surface area contributed by atoms with Gasteiger partial charge in [0, 0.05) is 31.0 Å². The van der Waals surface area contributed by atoms with Crippen molar-refractivity contribution in [2.45, 2.75) is 37.1 Å². The van der Waals surface area contributed by atoms with Gasteiger partial charge in [0.05, 0.1) is 11.3 Å². The van der Waals surface area contributed by atoms with Crippen LogP contribution in [0, 0.1) is 0 Å². The van der Waals surface area contributed by atoms with Gasteiger partial charge in [-0.3, -0.25) is 9.78 Å². The van der Waals surface area contributed by atoms with Gasteiger partial charge in [0.25, 0.3) is 0 Å². The number of nitrogens with zero attached hydrogens (tertiary/aromatic N) is 4. The van der Waals surface area contributed by atoms with Gasteiger partial charge in [-0.25, -0.2) is 8.42 Å². The number of rotatable bonds is 6. The van der Waals surface area contributed by atoms with Crippen molar-refractivity contribution in [1.29, 1.82) is 0 Å². The molecule has 0 saturated carbocycles. The van der Waals surface area contributed by atoms with Crippen LogP contribution in [0.5, 0.6) is 0 Å². The molecule has 1 fully saturated rings. The van der Waals surface area contributed by atoms with Crippen LogP contribution in [0.25, 0.3) is 11.4 Å². The highest BCUT2D eigenvalue weighted by Crippen LogP contribution is 2.24. The molecule has 0 radical (unpaired) electrons. The van der Waals surface area contributed by atoms with Crippen LogP contribution in [0.3, 0.4) is 0 Å². The molecule has 0 aliphatic carbocycles. The largest absolute Gasteiger partial charge is 0.353 e. The molecule has 1 saturated heterocycles. The monoisotopic (exact) mass is 441 g/mol. The minimum atomic E-state index is -3.88. The van der Waals surface area contributed by atoms with Crippen molar-refractivity contribution in [2.24, 2.45) is 0 Å². The van der Waals surface area contributed by atoms with Crippen LogP contribution in [-0.2, 0) is 21.2 Å². The third-order valence-electron chi connectivity index (χ3n) is 5.21. The van der Waals surface area contributed by atoms with Crippen molar-refractivity contribution in [1.82, 2.24) is 24.7 Å². The zero-order valence-corrected chi connectivity index (χ0v) is 18.0. The fourth-order valence-electron chi connectivity index (χ4n) is 3.46. The number of sulfonamides is 1. The number of carbonyl (C=O) groups excluding carboxylic acids is 1. The van der Waals surface area contributed by atoms with Crippen molar-refractivity contribution >= 4 is 15.9 Å². The molecule has 4 rings (SSSR count). The number of hydrogen-bond donors (Lipinski definition) is 1. The van der Waals surface area contributed by atoms with E-state index in [0.717, 1.165) is 5.56 Å². The van der Waals surface area contributed by atoms with E-state index >= 15 is 0 Å². The second-order valence-corrected chi connectivity index (χ2v) is 9.49. The lowest BCUT2D eigenvalue weighted by atomic mass is 10.0. The molecule has 31 heavy (non-hydrogen) atoms. The fourth-order valence-corrected chi connectivity index (χ4v) is 5.05. The molecule has 1 N–H and O–H groups in total. The molecule has 1 aliphatic rings. The maximum absolute atomic E-state index is 13.3. The lowest BCUT2D eigenvalue weighted by Gasteiger charge is -2.33. The molecule has 0 bridgehead atoms. The van der Waals surface area contributed by atoms with Crippen LogP contribution in [0.2, 0.25) is 0 Å². The Balaban J connectivity index is 1.60. The first-order valence-corrected chi connectivity index (χ1v) is 11.4. The van der Waals surface area contributed by atoms with Gasteiger partial charge >= 0.3 is 0 Å². The van der Waals surface area contributed by atoms with Gasteiger partial charge in [-0.15, -0.1) is 0 Å². The van der Waals surface area contributed by atoms with E-state index in [2.05, 4.69) is 20.4 Å². The number of hydrogen-bond acceptors (Lipinski definition) is 7. The number of carbonyl (C=O) groups is 1. The molecule has 1 unspecified atom stereocenters. The van der Waals surface area contributed by atoms with Crippen molar-refractivity contribution in [2.75, 3.05) is 13.1 Å². The summed E-state index contributed by atoms with van der Waals surface area (Å²) < 4.78 is 33.1. The normalized spacial score (nSPS) is 17.6. The molecule has 3 aromatic rings. The highest BCUT2D eigenvalue weighted by atomic mass is 32.2. The Bertz CT molecular complexity index is 1160. The Labute approximate surface area is 180 Å². The zero-order chi connectivity index (χ0) is 22.0. The minimum absolute atomic E-state index is 0.0206. The second-order valence-electron chi connectivity index (χ2n) is 7.60. The molecule has 1 aliphatic heterocycles. The standard InChI is InChI=1S/C21H23N5O4S/c1-14(2)15-3-5-17(6-4-15)31(28,29)26-12-11-23-21(27)18(26)13-19-24-20(25-30-19)16-7-9-22-10-8-16/h3-10,14,18H,11-13H2,1-2H3,(H,23,27). The molecule has 1 aromatic carbocycles. The third-order valence-corrected chi connectivity index (χ3v) is 7.13. The average molecular weight is 442 g/mol. The van der Waals surface area contributed by atoms with Crippen molar-refractivity contribution in [3.63, 3.8) is 0 Å². The number of benzene rings is 1. The molecular weight excluding hydrogens is 418 g/mol. The summed E-state index contributed by atoms with van der Waals surface area (Å²) in [6, 6.07) is 9.27. The van der Waals surface area contributed by atoms with E-state index in [1.54, 1.807) is 48.8 Å². The summed E-state index contributed by atoms with van der Waals surface area (Å²) in [4.78, 5) is 21.0. The lowest BCUT2D eigenvalue weighted by Crippen LogP contribution is -2.57. The topological polar surface area (TPSA) is 118 Å². The van der Waals surface area contributed by atoms with Crippen molar-refractivity contribution < 1.29 is 17.7 Å². The molecule has 2 aromatic heterocycles. The number of amides is 1. The van der Waals surface area contributed by atoms with Crippen LogP contribution in [0.1, 0.15) is 31.2 Å². The third kappa shape index (κ3) is 4.35. The maximum atomic E-state index is 13.3. The van der Waals surface area contributed by atoms with E-state index < -0.39 is 22.0 Å². The Morgan fingerprint density at radius 1 is 1.16 bits per heavy atom. The van der Waals surface area contributed by atoms with Crippen molar-refractivity contribution in [3.8, 4) is 11.4 Å². The Morgan fingerprint density at radius 3 is 2.55 bits per heavy atom. The zero-order valence-electron chi connectivity index (χ0n) is 17.2. The van der Waals surface area contributed by atoms with Crippen LogP contribution in [0.4, 0.5) is 0 Å². The predicted octanol–water partition coefficient (Wildman–Crippen LogP) is 1.99. The van der Waals surface area contributed by atoms with Crippen LogP contribution < -0.4 is 5.32 Å². The summed E-state index contributed by atoms with van der Waals surface area (Å²) in [6.07, 6.45) is 3.20. The van der Waals surface area contributed by atoms with E-state index in [-0.39, 0.29) is 36.2 Å². The lowest BCUT2D eigenvalue weighted by molar-refractivity contribution is -0.126. The van der Waals surface area contributed by atoms with Crippen LogP contribution >= 0.6 is 0 Å². The molecule has 3 heterocycles. The summed E-state index contributed by atoms with van der Waals surface area (Å²) in [7, 11) is -3.88. The first kappa shape index (κ1) is 21.1. The predicted molar refractivity (Wildman–Crippen MR) is 112 cm³/mol. The van der Waals surface area contributed by atoms with Gasteiger partial charge in [0.2, 0.25) is 27.6 Å². The molecule has 9 nitrogen and oxygen atoms in total. The van der Waals surface area contributed by atoms with E-state index in [4.69, 9.17) is 4.52 Å². The maximum Gasteiger partial charge on any atom is 0.243 e. The number of piperazine rings is 1. The molecule has 0 spiro atoms. The molecule has 1 amide bonds. The van der Waals surface area contributed by atoms with Gasteiger partial charge in [-0.2, -0.15) is 9.29 Å². The smallest absolute Gasteiger partial charge is 0.243 e. The Morgan fingerprint density at radius 2 is 1.87 bits per heavy atom. The summed E-state index contributed by atoms with van der Waals surface area (Å²) >= 11 is 0. The van der Waals surface area contributed by atoms with Crippen LogP contribution in [0.15, 0.2) is 58.2 Å². The van der Waals surface area contributed by atoms with Crippen molar-refractivity contribution in [3.05, 3.63) is 60.2 Å². The van der Waals surface area contributed by atoms with E-state index in [0.29, 0.717) is 11.4 Å². The molecule has 1 atom stereocenters. The summed E-state index contributed by atoms with van der Waals surface area (Å²) in [5.41, 5.74) is 1.76. The molecule has 10 heteroatoms. The number of nitrogens with one attached hydrogen (secondary N) is 1. The Hall–Kier alpha value is -3.11. The first-order valence-electron chi connectivity index (χ1n) is 9.99. The minimum Gasteiger partial charge on any atom is -0.353 e. The fraction of sp³-hybridized carbons (Fsp3) is 0.333. The van der Waals surface area contributed by atoms with Gasteiger partial charge in [0.1, 0.15) is 6.04 Å². The molecule has 162 valence electrons. The van der Waals surface area contributed by atoms with Crippen LogP contribution in [-0.4, -0.2) is 52.9 Å². The molecular formula is C21H23N5O4S. The summed E-state index contributed by atoms with van der Waals surface area (Å²) in [6.45, 7) is 4.49. The van der Waals surface area contributed by atoms with E-state index in [1.165, 1.54) is 4.31 Å². The van der Waals surface area contributed by atoms with E-state index in [1.807, 2.05) is 13.8 Å². The number of aromatic nitrogens is 3. The first-order chi connectivity index (χ1) is 14.9.